The number of nitrogens with zero attached hydrogens (tertiary/aromatic N) is 2. The van der Waals surface area contributed by atoms with E-state index < -0.39 is 0 Å². The SMILES string of the molecule is CSCCCC(CN)N1CCC(N2CCCC2)C1. The Balaban J connectivity index is 1.74. The summed E-state index contributed by atoms with van der Waals surface area (Å²) >= 11 is 1.95. The molecule has 0 saturated carbocycles. The fourth-order valence-corrected chi connectivity index (χ4v) is 3.87. The summed E-state index contributed by atoms with van der Waals surface area (Å²) in [4.78, 5) is 5.36. The van der Waals surface area contributed by atoms with Crippen LogP contribution >= 0.6 is 11.8 Å². The van der Waals surface area contributed by atoms with Crippen molar-refractivity contribution in [1.29, 1.82) is 0 Å². The van der Waals surface area contributed by atoms with Crippen LogP contribution in [0.3, 0.4) is 0 Å². The summed E-state index contributed by atoms with van der Waals surface area (Å²) in [6, 6.07) is 1.45. The number of nitrogens with two attached hydrogens (primary N) is 1. The zero-order valence-corrected chi connectivity index (χ0v) is 12.6. The van der Waals surface area contributed by atoms with Crippen LogP contribution in [0.4, 0.5) is 0 Å². The molecule has 2 fully saturated rings. The van der Waals surface area contributed by atoms with Crippen molar-refractivity contribution in [1.82, 2.24) is 9.80 Å². The van der Waals surface area contributed by atoms with E-state index in [9.17, 15) is 0 Å². The minimum absolute atomic E-state index is 0.629. The van der Waals surface area contributed by atoms with Crippen molar-refractivity contribution < 1.29 is 0 Å². The molecule has 2 aliphatic heterocycles. The molecule has 0 aromatic rings. The fraction of sp³-hybridized carbons (Fsp3) is 1.00. The Hall–Kier alpha value is 0.230. The molecule has 2 saturated heterocycles. The summed E-state index contributed by atoms with van der Waals surface area (Å²) in [5, 5.41) is 0. The second-order valence-corrected chi connectivity index (χ2v) is 6.69. The van der Waals surface area contributed by atoms with Crippen molar-refractivity contribution >= 4 is 11.8 Å². The number of hydrogen-bond donors (Lipinski definition) is 1. The molecule has 2 rings (SSSR count). The summed E-state index contributed by atoms with van der Waals surface area (Å²) in [5.74, 6) is 1.28. The smallest absolute Gasteiger partial charge is 0.0235 e. The molecule has 0 aliphatic carbocycles. The van der Waals surface area contributed by atoms with E-state index in [1.807, 2.05) is 11.8 Å². The Kier molecular flexibility index (Phi) is 6.29. The van der Waals surface area contributed by atoms with Gasteiger partial charge in [-0.05, 0) is 57.2 Å². The molecule has 0 aromatic carbocycles. The largest absolute Gasteiger partial charge is 0.329 e. The molecule has 0 spiro atoms. The fourth-order valence-electron chi connectivity index (χ4n) is 3.42. The lowest BCUT2D eigenvalue weighted by Crippen LogP contribution is -2.42. The quantitative estimate of drug-likeness (QED) is 0.713. The predicted octanol–water partition coefficient (Wildman–Crippen LogP) is 1.63. The van der Waals surface area contributed by atoms with Crippen LogP contribution in [-0.4, -0.2) is 66.6 Å². The first-order valence-corrected chi connectivity index (χ1v) is 8.91. The van der Waals surface area contributed by atoms with Crippen molar-refractivity contribution in [3.63, 3.8) is 0 Å². The molecule has 2 N–H and O–H groups in total. The first-order valence-electron chi connectivity index (χ1n) is 7.52. The summed E-state index contributed by atoms with van der Waals surface area (Å²) in [7, 11) is 0. The van der Waals surface area contributed by atoms with Crippen molar-refractivity contribution in [3.05, 3.63) is 0 Å². The maximum absolute atomic E-state index is 5.97. The Bertz CT molecular complexity index is 231. The Labute approximate surface area is 116 Å². The maximum Gasteiger partial charge on any atom is 0.0235 e. The number of hydrogen-bond acceptors (Lipinski definition) is 4. The van der Waals surface area contributed by atoms with Crippen LogP contribution in [-0.2, 0) is 0 Å². The van der Waals surface area contributed by atoms with Gasteiger partial charge in [0, 0.05) is 31.7 Å². The highest BCUT2D eigenvalue weighted by Crippen LogP contribution is 2.23. The van der Waals surface area contributed by atoms with Gasteiger partial charge < -0.3 is 5.73 Å². The van der Waals surface area contributed by atoms with E-state index in [-0.39, 0.29) is 0 Å². The highest BCUT2D eigenvalue weighted by Gasteiger charge is 2.31. The predicted molar refractivity (Wildman–Crippen MR) is 81.2 cm³/mol. The van der Waals surface area contributed by atoms with Crippen molar-refractivity contribution in [2.24, 2.45) is 5.73 Å². The summed E-state index contributed by atoms with van der Waals surface area (Å²) < 4.78 is 0. The van der Waals surface area contributed by atoms with Gasteiger partial charge in [0.2, 0.25) is 0 Å². The lowest BCUT2D eigenvalue weighted by atomic mass is 10.1. The van der Waals surface area contributed by atoms with Gasteiger partial charge in [-0.2, -0.15) is 11.8 Å². The van der Waals surface area contributed by atoms with E-state index in [1.54, 1.807) is 0 Å². The van der Waals surface area contributed by atoms with E-state index in [0.29, 0.717) is 6.04 Å². The van der Waals surface area contributed by atoms with Gasteiger partial charge in [0.15, 0.2) is 0 Å². The molecule has 0 amide bonds. The Morgan fingerprint density at radius 2 is 2.06 bits per heavy atom. The summed E-state index contributed by atoms with van der Waals surface area (Å²) in [6.07, 6.45) is 8.96. The maximum atomic E-state index is 5.97. The third kappa shape index (κ3) is 3.86. The first kappa shape index (κ1) is 14.6. The summed E-state index contributed by atoms with van der Waals surface area (Å²) in [6.45, 7) is 6.03. The molecule has 0 radical (unpaired) electrons. The highest BCUT2D eigenvalue weighted by atomic mass is 32.2. The summed E-state index contributed by atoms with van der Waals surface area (Å²) in [5.41, 5.74) is 5.97. The Morgan fingerprint density at radius 3 is 2.72 bits per heavy atom. The molecule has 0 bridgehead atoms. The molecule has 4 heteroatoms. The number of thioether (sulfide) groups is 1. The monoisotopic (exact) mass is 271 g/mol. The van der Waals surface area contributed by atoms with Crippen molar-refractivity contribution in [2.75, 3.05) is 44.7 Å². The zero-order chi connectivity index (χ0) is 12.8. The normalized spacial score (nSPS) is 28.0. The molecule has 2 atom stereocenters. The van der Waals surface area contributed by atoms with Gasteiger partial charge in [0.05, 0.1) is 0 Å². The minimum Gasteiger partial charge on any atom is -0.329 e. The lowest BCUT2D eigenvalue weighted by molar-refractivity contribution is 0.195. The average Bonchev–Trinajstić information content (AvgIpc) is 3.04. The average molecular weight is 271 g/mol. The molecule has 2 aliphatic rings. The van der Waals surface area contributed by atoms with Crippen LogP contribution < -0.4 is 5.73 Å². The standard InChI is InChI=1S/C14H29N3S/c1-18-10-4-5-13(11-15)17-9-6-14(12-17)16-7-2-3-8-16/h13-14H,2-12,15H2,1H3. The van der Waals surface area contributed by atoms with Gasteiger partial charge in [-0.15, -0.1) is 0 Å². The molecular formula is C14H29N3S. The van der Waals surface area contributed by atoms with Gasteiger partial charge in [-0.3, -0.25) is 9.80 Å². The van der Waals surface area contributed by atoms with Crippen LogP contribution in [0, 0.1) is 0 Å². The van der Waals surface area contributed by atoms with Crippen molar-refractivity contribution in [2.45, 2.75) is 44.2 Å². The lowest BCUT2D eigenvalue weighted by Gasteiger charge is -2.28. The van der Waals surface area contributed by atoms with Crippen LogP contribution in [0.1, 0.15) is 32.1 Å². The molecule has 3 nitrogen and oxygen atoms in total. The molecular weight excluding hydrogens is 242 g/mol. The van der Waals surface area contributed by atoms with E-state index in [0.717, 1.165) is 12.6 Å². The van der Waals surface area contributed by atoms with Gasteiger partial charge in [0.25, 0.3) is 0 Å². The zero-order valence-electron chi connectivity index (χ0n) is 11.8. The first-order chi connectivity index (χ1) is 8.85. The van der Waals surface area contributed by atoms with Crippen LogP contribution in [0.15, 0.2) is 0 Å². The van der Waals surface area contributed by atoms with Crippen LogP contribution in [0.5, 0.6) is 0 Å². The van der Waals surface area contributed by atoms with Crippen LogP contribution in [0.2, 0.25) is 0 Å². The molecule has 2 unspecified atom stereocenters. The third-order valence-corrected chi connectivity index (χ3v) is 5.22. The van der Waals surface area contributed by atoms with Gasteiger partial charge in [-0.25, -0.2) is 0 Å². The topological polar surface area (TPSA) is 32.5 Å². The minimum atomic E-state index is 0.629. The van der Waals surface area contributed by atoms with Crippen molar-refractivity contribution in [3.8, 4) is 0 Å². The van der Waals surface area contributed by atoms with E-state index >= 15 is 0 Å². The van der Waals surface area contributed by atoms with E-state index in [2.05, 4.69) is 16.1 Å². The molecule has 106 valence electrons. The Morgan fingerprint density at radius 1 is 1.28 bits per heavy atom. The number of rotatable bonds is 7. The van der Waals surface area contributed by atoms with Gasteiger partial charge >= 0.3 is 0 Å². The number of likely N-dealkylation sites (tertiary alicyclic amines) is 2. The van der Waals surface area contributed by atoms with E-state index in [1.165, 1.54) is 64.0 Å². The van der Waals surface area contributed by atoms with Crippen LogP contribution in [0.25, 0.3) is 0 Å². The third-order valence-electron chi connectivity index (χ3n) is 4.53. The second-order valence-electron chi connectivity index (χ2n) is 5.71. The van der Waals surface area contributed by atoms with Gasteiger partial charge in [-0.1, -0.05) is 0 Å². The molecule has 2 heterocycles. The van der Waals surface area contributed by atoms with E-state index in [4.69, 9.17) is 5.73 Å². The molecule has 0 aromatic heterocycles. The second kappa shape index (κ2) is 7.73. The van der Waals surface area contributed by atoms with Gasteiger partial charge in [0.1, 0.15) is 0 Å². The highest BCUT2D eigenvalue weighted by molar-refractivity contribution is 7.98. The molecule has 18 heavy (non-hydrogen) atoms.